The molecule has 0 saturated heterocycles. The first kappa shape index (κ1) is 23.6. The van der Waals surface area contributed by atoms with Gasteiger partial charge in [0, 0.05) is 21.4 Å². The number of methoxy groups -OCH3 is 1. The molecule has 0 radical (unpaired) electrons. The predicted molar refractivity (Wildman–Crippen MR) is 117 cm³/mol. The zero-order valence-corrected chi connectivity index (χ0v) is 18.7. The Bertz CT molecular complexity index is 1160. The van der Waals surface area contributed by atoms with Gasteiger partial charge >= 0.3 is 5.97 Å². The summed E-state index contributed by atoms with van der Waals surface area (Å²) in [5.74, 6) is -3.54. The summed E-state index contributed by atoms with van der Waals surface area (Å²) in [7, 11) is 1.20. The molecule has 0 fully saturated rings. The van der Waals surface area contributed by atoms with Gasteiger partial charge in [0.15, 0.2) is 6.04 Å². The van der Waals surface area contributed by atoms with Crippen molar-refractivity contribution >= 4 is 50.8 Å². The number of nitrogens with one attached hydrogen (secondary N) is 2. The molecule has 0 saturated carbocycles. The zero-order chi connectivity index (χ0) is 23.4. The standard InChI is InChI=1S/C22H19ClF2N2O4S/c1-11(26-19(28)7-12-5-14(24)9-15(25)6-12)21(29)27-20(22(30)31-2)17-10-32-18-4-3-13(23)8-16(17)18/h3-6,8-11,20H,7H2,1-2H3,(H,26,28)(H,27,29)/t11-,20?/m0/s1. The lowest BCUT2D eigenvalue weighted by Crippen LogP contribution is -2.47. The SMILES string of the molecule is COC(=O)C(NC(=O)[C@H](C)NC(=O)Cc1cc(F)cc(F)c1)c1csc2ccc(Cl)cc12. The fraction of sp³-hybridized carbons (Fsp3) is 0.227. The van der Waals surface area contributed by atoms with Gasteiger partial charge in [0.05, 0.1) is 13.5 Å². The van der Waals surface area contributed by atoms with Crippen LogP contribution >= 0.6 is 22.9 Å². The molecule has 168 valence electrons. The molecular formula is C22H19ClF2N2O4S. The molecule has 0 aliphatic carbocycles. The Kier molecular flexibility index (Phi) is 7.42. The van der Waals surface area contributed by atoms with Gasteiger partial charge in [-0.3, -0.25) is 9.59 Å². The predicted octanol–water partition coefficient (Wildman–Crippen LogP) is 3.91. The van der Waals surface area contributed by atoms with Crippen molar-refractivity contribution in [3.8, 4) is 0 Å². The van der Waals surface area contributed by atoms with Gasteiger partial charge in [-0.1, -0.05) is 11.6 Å². The zero-order valence-electron chi connectivity index (χ0n) is 17.1. The van der Waals surface area contributed by atoms with Crippen LogP contribution in [0.5, 0.6) is 0 Å². The molecule has 0 bridgehead atoms. The summed E-state index contributed by atoms with van der Waals surface area (Å²) < 4.78 is 32.3. The van der Waals surface area contributed by atoms with E-state index in [0.29, 0.717) is 22.0 Å². The summed E-state index contributed by atoms with van der Waals surface area (Å²) in [6.07, 6.45) is -0.319. The second-order valence-electron chi connectivity index (χ2n) is 7.04. The minimum atomic E-state index is -1.11. The molecular weight excluding hydrogens is 462 g/mol. The molecule has 2 N–H and O–H groups in total. The molecule has 1 unspecified atom stereocenters. The molecule has 3 rings (SSSR count). The van der Waals surface area contributed by atoms with Crippen molar-refractivity contribution in [1.82, 2.24) is 10.6 Å². The van der Waals surface area contributed by atoms with Crippen molar-refractivity contribution in [3.05, 3.63) is 69.6 Å². The number of fused-ring (bicyclic) bond motifs is 1. The largest absolute Gasteiger partial charge is 0.467 e. The second kappa shape index (κ2) is 10.1. The first-order valence-corrected chi connectivity index (χ1v) is 10.7. The summed E-state index contributed by atoms with van der Waals surface area (Å²) in [5.41, 5.74) is 0.642. The van der Waals surface area contributed by atoms with Crippen LogP contribution in [0.2, 0.25) is 5.02 Å². The van der Waals surface area contributed by atoms with Gasteiger partial charge in [0.2, 0.25) is 11.8 Å². The molecule has 1 heterocycles. The molecule has 2 aromatic carbocycles. The average Bonchev–Trinajstić information content (AvgIpc) is 3.13. The van der Waals surface area contributed by atoms with Crippen molar-refractivity contribution in [3.63, 3.8) is 0 Å². The van der Waals surface area contributed by atoms with Gasteiger partial charge in [0.1, 0.15) is 17.7 Å². The minimum absolute atomic E-state index is 0.127. The minimum Gasteiger partial charge on any atom is -0.467 e. The van der Waals surface area contributed by atoms with Crippen LogP contribution in [0.4, 0.5) is 8.78 Å². The van der Waals surface area contributed by atoms with Gasteiger partial charge in [-0.2, -0.15) is 0 Å². The summed E-state index contributed by atoms with van der Waals surface area (Å²) >= 11 is 7.45. The summed E-state index contributed by atoms with van der Waals surface area (Å²) in [5, 5.41) is 7.94. The molecule has 10 heteroatoms. The lowest BCUT2D eigenvalue weighted by molar-refractivity contribution is -0.145. The van der Waals surface area contributed by atoms with E-state index in [4.69, 9.17) is 16.3 Å². The van der Waals surface area contributed by atoms with E-state index in [9.17, 15) is 23.2 Å². The van der Waals surface area contributed by atoms with Gasteiger partial charge in [-0.15, -0.1) is 11.3 Å². The smallest absolute Gasteiger partial charge is 0.333 e. The van der Waals surface area contributed by atoms with Crippen molar-refractivity contribution in [2.45, 2.75) is 25.4 Å². The number of hydrogen-bond acceptors (Lipinski definition) is 5. The second-order valence-corrected chi connectivity index (χ2v) is 8.39. The van der Waals surface area contributed by atoms with Crippen LogP contribution in [0.25, 0.3) is 10.1 Å². The molecule has 3 aromatic rings. The van der Waals surface area contributed by atoms with Crippen molar-refractivity contribution in [1.29, 1.82) is 0 Å². The Labute approximate surface area is 191 Å². The van der Waals surface area contributed by atoms with E-state index in [2.05, 4.69) is 10.6 Å². The topological polar surface area (TPSA) is 84.5 Å². The number of esters is 1. The number of halogens is 3. The Morgan fingerprint density at radius 1 is 1.09 bits per heavy atom. The quantitative estimate of drug-likeness (QED) is 0.502. The fourth-order valence-electron chi connectivity index (χ4n) is 3.15. The van der Waals surface area contributed by atoms with E-state index < -0.39 is 41.5 Å². The summed E-state index contributed by atoms with van der Waals surface area (Å²) in [6, 6.07) is 5.84. The normalized spacial score (nSPS) is 12.8. The fourth-order valence-corrected chi connectivity index (χ4v) is 4.29. The number of rotatable bonds is 7. The summed E-state index contributed by atoms with van der Waals surface area (Å²) in [6.45, 7) is 1.43. The highest BCUT2D eigenvalue weighted by Crippen LogP contribution is 2.33. The van der Waals surface area contributed by atoms with Crippen LogP contribution in [-0.4, -0.2) is 30.9 Å². The van der Waals surface area contributed by atoms with Gasteiger partial charge in [0.25, 0.3) is 0 Å². The molecule has 32 heavy (non-hydrogen) atoms. The molecule has 6 nitrogen and oxygen atoms in total. The first-order valence-electron chi connectivity index (χ1n) is 9.47. The molecule has 1 aromatic heterocycles. The number of hydrogen-bond donors (Lipinski definition) is 2. The Hall–Kier alpha value is -3.04. The van der Waals surface area contributed by atoms with Crippen LogP contribution in [0.15, 0.2) is 41.8 Å². The van der Waals surface area contributed by atoms with Crippen LogP contribution in [-0.2, 0) is 25.5 Å². The Morgan fingerprint density at radius 2 is 1.78 bits per heavy atom. The number of carbonyl (C=O) groups excluding carboxylic acids is 3. The van der Waals surface area contributed by atoms with E-state index in [1.807, 2.05) is 0 Å². The maximum Gasteiger partial charge on any atom is 0.333 e. The Balaban J connectivity index is 1.72. The lowest BCUT2D eigenvalue weighted by atomic mass is 10.1. The van der Waals surface area contributed by atoms with Crippen LogP contribution in [0, 0.1) is 11.6 Å². The average molecular weight is 481 g/mol. The highest BCUT2D eigenvalue weighted by atomic mass is 35.5. The lowest BCUT2D eigenvalue weighted by Gasteiger charge is -2.20. The third-order valence-corrected chi connectivity index (χ3v) is 5.87. The van der Waals surface area contributed by atoms with Gasteiger partial charge < -0.3 is 15.4 Å². The number of thiophene rings is 1. The van der Waals surface area contributed by atoms with Crippen molar-refractivity contribution in [2.24, 2.45) is 0 Å². The monoisotopic (exact) mass is 480 g/mol. The highest BCUT2D eigenvalue weighted by molar-refractivity contribution is 7.17. The number of ether oxygens (including phenoxy) is 1. The highest BCUT2D eigenvalue weighted by Gasteiger charge is 2.28. The van der Waals surface area contributed by atoms with E-state index in [-0.39, 0.29) is 12.0 Å². The molecule has 0 spiro atoms. The molecule has 2 amide bonds. The van der Waals surface area contributed by atoms with E-state index in [0.717, 1.165) is 16.8 Å². The van der Waals surface area contributed by atoms with E-state index in [1.54, 1.807) is 23.6 Å². The van der Waals surface area contributed by atoms with Crippen LogP contribution < -0.4 is 10.6 Å². The maximum atomic E-state index is 13.3. The van der Waals surface area contributed by atoms with Crippen LogP contribution in [0.3, 0.4) is 0 Å². The van der Waals surface area contributed by atoms with Crippen molar-refractivity contribution in [2.75, 3.05) is 7.11 Å². The van der Waals surface area contributed by atoms with E-state index in [1.165, 1.54) is 25.4 Å². The third-order valence-electron chi connectivity index (χ3n) is 4.66. The Morgan fingerprint density at radius 3 is 2.44 bits per heavy atom. The maximum absolute atomic E-state index is 13.3. The molecule has 0 aliphatic rings. The van der Waals surface area contributed by atoms with Crippen LogP contribution in [0.1, 0.15) is 24.1 Å². The number of carbonyl (C=O) groups is 3. The van der Waals surface area contributed by atoms with Gasteiger partial charge in [-0.05, 0) is 53.6 Å². The molecule has 0 aliphatic heterocycles. The number of amides is 2. The first-order chi connectivity index (χ1) is 15.2. The van der Waals surface area contributed by atoms with Crippen molar-refractivity contribution < 1.29 is 27.9 Å². The van der Waals surface area contributed by atoms with Gasteiger partial charge in [-0.25, -0.2) is 13.6 Å². The summed E-state index contributed by atoms with van der Waals surface area (Å²) in [4.78, 5) is 37.3. The van der Waals surface area contributed by atoms with E-state index >= 15 is 0 Å². The molecule has 2 atom stereocenters. The number of benzene rings is 2. The third kappa shape index (κ3) is 5.60.